The Bertz CT molecular complexity index is 609. The molecule has 0 unspecified atom stereocenters. The van der Waals surface area contributed by atoms with E-state index in [4.69, 9.17) is 9.84 Å². The zero-order chi connectivity index (χ0) is 13.9. The normalized spacial score (nSPS) is 14.5. The second-order valence-electron chi connectivity index (χ2n) is 4.95. The van der Waals surface area contributed by atoms with Gasteiger partial charge in [-0.3, -0.25) is 0 Å². The summed E-state index contributed by atoms with van der Waals surface area (Å²) in [6.45, 7) is 1.55. The van der Waals surface area contributed by atoms with Crippen molar-refractivity contribution in [3.63, 3.8) is 0 Å². The molecule has 4 nitrogen and oxygen atoms in total. The Balaban J connectivity index is 2.13. The summed E-state index contributed by atoms with van der Waals surface area (Å²) in [6.07, 6.45) is 3.45. The molecule has 1 aromatic heterocycles. The molecule has 2 heterocycles. The number of anilines is 1. The highest BCUT2D eigenvalue weighted by molar-refractivity contribution is 9.10. The first-order chi connectivity index (χ1) is 9.81. The molecule has 106 valence electrons. The lowest BCUT2D eigenvalue weighted by Gasteiger charge is -2.10. The van der Waals surface area contributed by atoms with Crippen LogP contribution in [-0.2, 0) is 17.8 Å². The monoisotopic (exact) mass is 335 g/mol. The Morgan fingerprint density at radius 2 is 2.20 bits per heavy atom. The Morgan fingerprint density at radius 3 is 3.00 bits per heavy atom. The van der Waals surface area contributed by atoms with Crippen LogP contribution in [0.5, 0.6) is 0 Å². The first kappa shape index (κ1) is 13.6. The van der Waals surface area contributed by atoms with Gasteiger partial charge in [-0.25, -0.2) is 4.68 Å². The van der Waals surface area contributed by atoms with Gasteiger partial charge in [-0.2, -0.15) is 5.10 Å². The van der Waals surface area contributed by atoms with E-state index < -0.39 is 0 Å². The third kappa shape index (κ3) is 2.47. The number of methoxy groups -OCH3 is 1. The molecule has 0 amide bonds. The highest BCUT2D eigenvalue weighted by atomic mass is 79.9. The molecular weight excluding hydrogens is 318 g/mol. The van der Waals surface area contributed by atoms with Crippen molar-refractivity contribution in [3.05, 3.63) is 40.0 Å². The van der Waals surface area contributed by atoms with Crippen LogP contribution in [0.15, 0.2) is 28.7 Å². The topological polar surface area (TPSA) is 39.1 Å². The van der Waals surface area contributed by atoms with Crippen LogP contribution >= 0.6 is 15.9 Å². The average molecular weight is 336 g/mol. The number of benzene rings is 1. The SMILES string of the molecule is COCc1nn(-c2ccccc2Br)c2c1CCCCN2. The van der Waals surface area contributed by atoms with Crippen LogP contribution in [0.3, 0.4) is 0 Å². The summed E-state index contributed by atoms with van der Waals surface area (Å²) in [5.41, 5.74) is 3.38. The zero-order valence-electron chi connectivity index (χ0n) is 11.5. The van der Waals surface area contributed by atoms with Gasteiger partial charge in [0, 0.05) is 23.7 Å². The molecule has 0 saturated heterocycles. The van der Waals surface area contributed by atoms with Crippen LogP contribution in [0.1, 0.15) is 24.1 Å². The molecule has 0 aliphatic carbocycles. The van der Waals surface area contributed by atoms with Crippen LogP contribution in [0.25, 0.3) is 5.69 Å². The summed E-state index contributed by atoms with van der Waals surface area (Å²) in [7, 11) is 1.72. The van der Waals surface area contributed by atoms with E-state index in [1.54, 1.807) is 7.11 Å². The van der Waals surface area contributed by atoms with E-state index >= 15 is 0 Å². The zero-order valence-corrected chi connectivity index (χ0v) is 13.1. The number of nitrogens with zero attached hydrogens (tertiary/aromatic N) is 2. The maximum atomic E-state index is 5.30. The molecule has 0 spiro atoms. The molecule has 1 N–H and O–H groups in total. The van der Waals surface area contributed by atoms with E-state index in [2.05, 4.69) is 27.3 Å². The lowest BCUT2D eigenvalue weighted by molar-refractivity contribution is 0.180. The average Bonchev–Trinajstić information content (AvgIpc) is 2.64. The smallest absolute Gasteiger partial charge is 0.133 e. The fourth-order valence-electron chi connectivity index (χ4n) is 2.62. The molecule has 0 radical (unpaired) electrons. The summed E-state index contributed by atoms with van der Waals surface area (Å²) >= 11 is 3.61. The van der Waals surface area contributed by atoms with Gasteiger partial charge in [0.25, 0.3) is 0 Å². The Kier molecular flexibility index (Phi) is 4.08. The summed E-state index contributed by atoms with van der Waals surface area (Å²) in [5, 5.41) is 8.28. The van der Waals surface area contributed by atoms with Gasteiger partial charge in [0.1, 0.15) is 5.82 Å². The van der Waals surface area contributed by atoms with Gasteiger partial charge in [-0.15, -0.1) is 0 Å². The Labute approximate surface area is 127 Å². The molecule has 5 heteroatoms. The van der Waals surface area contributed by atoms with Crippen molar-refractivity contribution in [1.82, 2.24) is 9.78 Å². The minimum Gasteiger partial charge on any atom is -0.378 e. The number of hydrogen-bond acceptors (Lipinski definition) is 3. The molecule has 1 aliphatic heterocycles. The largest absolute Gasteiger partial charge is 0.378 e. The van der Waals surface area contributed by atoms with E-state index in [9.17, 15) is 0 Å². The molecular formula is C15H18BrN3O. The van der Waals surface area contributed by atoms with Gasteiger partial charge in [0.15, 0.2) is 0 Å². The number of para-hydroxylation sites is 1. The molecule has 0 atom stereocenters. The highest BCUT2D eigenvalue weighted by Crippen LogP contribution is 2.31. The second kappa shape index (κ2) is 5.97. The van der Waals surface area contributed by atoms with Gasteiger partial charge in [0.05, 0.1) is 18.0 Å². The van der Waals surface area contributed by atoms with Crippen molar-refractivity contribution in [2.75, 3.05) is 19.0 Å². The third-order valence-electron chi connectivity index (χ3n) is 3.57. The fraction of sp³-hybridized carbons (Fsp3) is 0.400. The summed E-state index contributed by atoms with van der Waals surface area (Å²) < 4.78 is 8.34. The van der Waals surface area contributed by atoms with Crippen LogP contribution in [-0.4, -0.2) is 23.4 Å². The number of ether oxygens (including phenoxy) is 1. The van der Waals surface area contributed by atoms with Crippen molar-refractivity contribution >= 4 is 21.7 Å². The molecule has 3 rings (SSSR count). The lowest BCUT2D eigenvalue weighted by Crippen LogP contribution is -2.07. The van der Waals surface area contributed by atoms with Gasteiger partial charge >= 0.3 is 0 Å². The molecule has 0 bridgehead atoms. The van der Waals surface area contributed by atoms with Crippen molar-refractivity contribution in [1.29, 1.82) is 0 Å². The van der Waals surface area contributed by atoms with Crippen molar-refractivity contribution < 1.29 is 4.74 Å². The Morgan fingerprint density at radius 1 is 1.35 bits per heavy atom. The van der Waals surface area contributed by atoms with E-state index in [0.29, 0.717) is 6.61 Å². The number of nitrogens with one attached hydrogen (secondary N) is 1. The highest BCUT2D eigenvalue weighted by Gasteiger charge is 2.21. The predicted octanol–water partition coefficient (Wildman–Crippen LogP) is 3.53. The number of hydrogen-bond donors (Lipinski definition) is 1. The van der Waals surface area contributed by atoms with Crippen LogP contribution in [0, 0.1) is 0 Å². The molecule has 0 saturated carbocycles. The maximum absolute atomic E-state index is 5.30. The summed E-state index contributed by atoms with van der Waals surface area (Å²) in [5.74, 6) is 1.11. The minimum absolute atomic E-state index is 0.557. The van der Waals surface area contributed by atoms with Crippen LogP contribution in [0.4, 0.5) is 5.82 Å². The second-order valence-corrected chi connectivity index (χ2v) is 5.81. The number of aromatic nitrogens is 2. The number of fused-ring (bicyclic) bond motifs is 1. The fourth-order valence-corrected chi connectivity index (χ4v) is 3.08. The standard InChI is InChI=1S/C15H18BrN3O/c1-20-10-13-11-6-4-5-9-17-15(11)19(18-13)14-8-3-2-7-12(14)16/h2-3,7-8,17H,4-6,9-10H2,1H3. The van der Waals surface area contributed by atoms with E-state index in [0.717, 1.165) is 34.6 Å². The summed E-state index contributed by atoms with van der Waals surface area (Å²) in [6, 6.07) is 8.15. The molecule has 2 aromatic rings. The Hall–Kier alpha value is -1.33. The van der Waals surface area contributed by atoms with E-state index in [-0.39, 0.29) is 0 Å². The molecule has 0 fully saturated rings. The number of halogens is 1. The summed E-state index contributed by atoms with van der Waals surface area (Å²) in [4.78, 5) is 0. The first-order valence-electron chi connectivity index (χ1n) is 6.89. The minimum atomic E-state index is 0.557. The number of rotatable bonds is 3. The van der Waals surface area contributed by atoms with Crippen molar-refractivity contribution in [2.45, 2.75) is 25.9 Å². The van der Waals surface area contributed by atoms with Gasteiger partial charge < -0.3 is 10.1 Å². The lowest BCUT2D eigenvalue weighted by atomic mass is 10.1. The molecule has 1 aromatic carbocycles. The van der Waals surface area contributed by atoms with E-state index in [1.165, 1.54) is 18.4 Å². The third-order valence-corrected chi connectivity index (χ3v) is 4.24. The molecule has 1 aliphatic rings. The van der Waals surface area contributed by atoms with Crippen LogP contribution in [0.2, 0.25) is 0 Å². The van der Waals surface area contributed by atoms with Gasteiger partial charge in [-0.1, -0.05) is 12.1 Å². The van der Waals surface area contributed by atoms with E-state index in [1.807, 2.05) is 22.9 Å². The van der Waals surface area contributed by atoms with Gasteiger partial charge in [0.2, 0.25) is 0 Å². The van der Waals surface area contributed by atoms with Gasteiger partial charge in [-0.05, 0) is 47.3 Å². The quantitative estimate of drug-likeness (QED) is 0.932. The maximum Gasteiger partial charge on any atom is 0.133 e. The van der Waals surface area contributed by atoms with Crippen molar-refractivity contribution in [2.24, 2.45) is 0 Å². The van der Waals surface area contributed by atoms with Crippen LogP contribution < -0.4 is 5.32 Å². The predicted molar refractivity (Wildman–Crippen MR) is 83.4 cm³/mol. The van der Waals surface area contributed by atoms with Crippen molar-refractivity contribution in [3.8, 4) is 5.69 Å². The molecule has 20 heavy (non-hydrogen) atoms. The first-order valence-corrected chi connectivity index (χ1v) is 7.69.